The minimum absolute atomic E-state index is 0.0478. The van der Waals surface area contributed by atoms with Crippen LogP contribution in [-0.4, -0.2) is 22.1 Å². The highest BCUT2D eigenvalue weighted by molar-refractivity contribution is 7.93. The number of anilines is 1. The van der Waals surface area contributed by atoms with Gasteiger partial charge in [0.2, 0.25) is 0 Å². The fraction of sp³-hybridized carbons (Fsp3) is 0.250. The molecule has 0 aliphatic rings. The number of hydrogen-bond donors (Lipinski definition) is 0. The van der Waals surface area contributed by atoms with Gasteiger partial charge < -0.3 is 4.74 Å². The maximum Gasteiger partial charge on any atom is 0.265 e. The van der Waals surface area contributed by atoms with Crippen LogP contribution in [0.15, 0.2) is 41.3 Å². The molecule has 23 heavy (non-hydrogen) atoms. The summed E-state index contributed by atoms with van der Waals surface area (Å²) in [4.78, 5) is -0.0478. The van der Waals surface area contributed by atoms with Crippen molar-refractivity contribution in [2.24, 2.45) is 0 Å². The van der Waals surface area contributed by atoms with E-state index in [0.717, 1.165) is 5.56 Å². The minimum atomic E-state index is -3.84. The average molecular weight is 374 g/mol. The minimum Gasteiger partial charge on any atom is -0.495 e. The zero-order valence-electron chi connectivity index (χ0n) is 13.0. The van der Waals surface area contributed by atoms with E-state index in [4.69, 9.17) is 27.9 Å². The predicted molar refractivity (Wildman–Crippen MR) is 94.4 cm³/mol. The zero-order valence-corrected chi connectivity index (χ0v) is 15.3. The van der Waals surface area contributed by atoms with E-state index in [-0.39, 0.29) is 21.5 Å². The fourth-order valence-corrected chi connectivity index (χ4v) is 4.55. The van der Waals surface area contributed by atoms with Gasteiger partial charge in [-0.05, 0) is 37.6 Å². The summed E-state index contributed by atoms with van der Waals surface area (Å²) in [6.45, 7) is 3.94. The summed E-state index contributed by atoms with van der Waals surface area (Å²) < 4.78 is 32.3. The molecule has 7 heteroatoms. The lowest BCUT2D eigenvalue weighted by atomic mass is 10.2. The van der Waals surface area contributed by atoms with Gasteiger partial charge in [-0.15, -0.1) is 0 Å². The number of sulfonamides is 1. The molecule has 2 aromatic rings. The van der Waals surface area contributed by atoms with Gasteiger partial charge in [0.1, 0.15) is 10.6 Å². The third kappa shape index (κ3) is 3.57. The smallest absolute Gasteiger partial charge is 0.265 e. The van der Waals surface area contributed by atoms with Gasteiger partial charge in [0.25, 0.3) is 10.0 Å². The SMILES string of the molecule is CCN(c1cccc(C)c1)S(=O)(=O)c1cc(Cl)c(OC)cc1Cl. The first kappa shape index (κ1) is 17.9. The highest BCUT2D eigenvalue weighted by Gasteiger charge is 2.27. The lowest BCUT2D eigenvalue weighted by Crippen LogP contribution is -2.31. The molecule has 0 spiro atoms. The normalized spacial score (nSPS) is 11.3. The number of aryl methyl sites for hydroxylation is 1. The summed E-state index contributed by atoms with van der Waals surface area (Å²) in [7, 11) is -2.40. The summed E-state index contributed by atoms with van der Waals surface area (Å²) >= 11 is 12.2. The molecule has 0 bridgehead atoms. The molecule has 0 amide bonds. The van der Waals surface area contributed by atoms with Gasteiger partial charge in [0.05, 0.1) is 22.8 Å². The molecule has 0 aliphatic heterocycles. The maximum atomic E-state index is 13.0. The van der Waals surface area contributed by atoms with Crippen LogP contribution in [0.5, 0.6) is 5.75 Å². The van der Waals surface area contributed by atoms with E-state index in [1.165, 1.54) is 23.5 Å². The molecule has 0 aliphatic carbocycles. The number of rotatable bonds is 5. The molecule has 0 radical (unpaired) electrons. The van der Waals surface area contributed by atoms with Crippen LogP contribution in [0.25, 0.3) is 0 Å². The van der Waals surface area contributed by atoms with Crippen molar-refractivity contribution in [3.8, 4) is 5.75 Å². The first-order valence-electron chi connectivity index (χ1n) is 6.93. The molecular formula is C16H17Cl2NO3S. The first-order valence-corrected chi connectivity index (χ1v) is 9.13. The van der Waals surface area contributed by atoms with Gasteiger partial charge in [0.15, 0.2) is 0 Å². The Balaban J connectivity index is 2.58. The van der Waals surface area contributed by atoms with Crippen molar-refractivity contribution in [1.82, 2.24) is 0 Å². The molecule has 0 fully saturated rings. The molecule has 2 aromatic carbocycles. The third-order valence-electron chi connectivity index (χ3n) is 3.35. The topological polar surface area (TPSA) is 46.6 Å². The van der Waals surface area contributed by atoms with Gasteiger partial charge in [-0.2, -0.15) is 0 Å². The predicted octanol–water partition coefficient (Wildman–Crippen LogP) is 4.53. The number of hydrogen-bond acceptors (Lipinski definition) is 3. The number of halogens is 2. The summed E-state index contributed by atoms with van der Waals surface area (Å²) in [6, 6.07) is 9.98. The van der Waals surface area contributed by atoms with Crippen molar-refractivity contribution in [3.05, 3.63) is 52.0 Å². The number of ether oxygens (including phenoxy) is 1. The van der Waals surface area contributed by atoms with Crippen molar-refractivity contribution < 1.29 is 13.2 Å². The standard InChI is InChI=1S/C16H17Cl2NO3S/c1-4-19(12-7-5-6-11(2)8-12)23(20,21)16-10-13(17)15(22-3)9-14(16)18/h5-10H,4H2,1-3H3. The Labute approximate surface area is 146 Å². The number of benzene rings is 2. The van der Waals surface area contributed by atoms with Gasteiger partial charge in [0, 0.05) is 12.6 Å². The second-order valence-electron chi connectivity index (χ2n) is 4.93. The van der Waals surface area contributed by atoms with E-state index in [1.807, 2.05) is 19.1 Å². The lowest BCUT2D eigenvalue weighted by Gasteiger charge is -2.24. The van der Waals surface area contributed by atoms with Crippen LogP contribution < -0.4 is 9.04 Å². The Hall–Kier alpha value is -1.43. The third-order valence-corrected chi connectivity index (χ3v) is 6.01. The fourth-order valence-electron chi connectivity index (χ4n) is 2.26. The summed E-state index contributed by atoms with van der Waals surface area (Å²) in [5.41, 5.74) is 1.55. The molecule has 0 atom stereocenters. The molecule has 124 valence electrons. The monoisotopic (exact) mass is 373 g/mol. The molecule has 0 aromatic heterocycles. The van der Waals surface area contributed by atoms with Crippen molar-refractivity contribution in [2.45, 2.75) is 18.7 Å². The number of nitrogens with zero attached hydrogens (tertiary/aromatic N) is 1. The Kier molecular flexibility index (Phi) is 5.45. The Bertz CT molecular complexity index is 822. The summed E-state index contributed by atoms with van der Waals surface area (Å²) in [5, 5.41) is 0.258. The first-order chi connectivity index (χ1) is 10.8. The molecule has 0 unspecified atom stereocenters. The van der Waals surface area contributed by atoms with E-state index >= 15 is 0 Å². The maximum absolute atomic E-state index is 13.0. The van der Waals surface area contributed by atoms with Crippen molar-refractivity contribution in [1.29, 1.82) is 0 Å². The van der Waals surface area contributed by atoms with E-state index in [0.29, 0.717) is 11.4 Å². The van der Waals surface area contributed by atoms with Gasteiger partial charge in [-0.3, -0.25) is 4.31 Å². The van der Waals surface area contributed by atoms with Crippen LogP contribution in [0.3, 0.4) is 0 Å². The molecule has 0 heterocycles. The lowest BCUT2D eigenvalue weighted by molar-refractivity contribution is 0.414. The quantitative estimate of drug-likeness (QED) is 0.773. The van der Waals surface area contributed by atoms with Gasteiger partial charge >= 0.3 is 0 Å². The molecule has 0 saturated heterocycles. The zero-order chi connectivity index (χ0) is 17.2. The summed E-state index contributed by atoms with van der Waals surface area (Å²) in [5.74, 6) is 0.328. The van der Waals surface area contributed by atoms with Crippen LogP contribution in [0.4, 0.5) is 5.69 Å². The van der Waals surface area contributed by atoms with E-state index in [2.05, 4.69) is 0 Å². The van der Waals surface area contributed by atoms with Crippen LogP contribution in [0.2, 0.25) is 10.0 Å². The van der Waals surface area contributed by atoms with E-state index in [1.54, 1.807) is 19.1 Å². The Morgan fingerprint density at radius 2 is 1.83 bits per heavy atom. The molecule has 2 rings (SSSR count). The van der Waals surface area contributed by atoms with E-state index in [9.17, 15) is 8.42 Å². The highest BCUT2D eigenvalue weighted by atomic mass is 35.5. The van der Waals surface area contributed by atoms with Crippen molar-refractivity contribution in [3.63, 3.8) is 0 Å². The van der Waals surface area contributed by atoms with Crippen molar-refractivity contribution in [2.75, 3.05) is 18.0 Å². The van der Waals surface area contributed by atoms with E-state index < -0.39 is 10.0 Å². The second-order valence-corrected chi connectivity index (χ2v) is 7.57. The summed E-state index contributed by atoms with van der Waals surface area (Å²) in [6.07, 6.45) is 0. The molecule has 4 nitrogen and oxygen atoms in total. The van der Waals surface area contributed by atoms with Crippen LogP contribution in [-0.2, 0) is 10.0 Å². The second kappa shape index (κ2) is 6.99. The van der Waals surface area contributed by atoms with Gasteiger partial charge in [-0.25, -0.2) is 8.42 Å². The van der Waals surface area contributed by atoms with Crippen LogP contribution in [0, 0.1) is 6.92 Å². The Morgan fingerprint density at radius 1 is 1.13 bits per heavy atom. The molecule has 0 saturated carbocycles. The largest absolute Gasteiger partial charge is 0.495 e. The Morgan fingerprint density at radius 3 is 2.39 bits per heavy atom. The molecule has 0 N–H and O–H groups in total. The van der Waals surface area contributed by atoms with Crippen LogP contribution in [0.1, 0.15) is 12.5 Å². The average Bonchev–Trinajstić information content (AvgIpc) is 2.49. The number of methoxy groups -OCH3 is 1. The van der Waals surface area contributed by atoms with Gasteiger partial charge in [-0.1, -0.05) is 35.3 Å². The molecular weight excluding hydrogens is 357 g/mol. The van der Waals surface area contributed by atoms with Crippen LogP contribution >= 0.6 is 23.2 Å². The highest BCUT2D eigenvalue weighted by Crippen LogP contribution is 2.36. The van der Waals surface area contributed by atoms with Crippen molar-refractivity contribution >= 4 is 38.9 Å².